The van der Waals surface area contributed by atoms with Crippen molar-refractivity contribution in [1.29, 1.82) is 0 Å². The lowest BCUT2D eigenvalue weighted by Crippen LogP contribution is -2.28. The molecule has 0 fully saturated rings. The normalized spacial score (nSPS) is 12.5. The molecule has 2 N–H and O–H groups in total. The van der Waals surface area contributed by atoms with Crippen LogP contribution in [0.3, 0.4) is 0 Å². The molecule has 2 rings (SSSR count). The van der Waals surface area contributed by atoms with E-state index in [1.54, 1.807) is 4.57 Å². The second-order valence-corrected chi connectivity index (χ2v) is 4.17. The summed E-state index contributed by atoms with van der Waals surface area (Å²) in [6.07, 6.45) is 3.66. The topological polar surface area (TPSA) is 96.4 Å². The summed E-state index contributed by atoms with van der Waals surface area (Å²) < 4.78 is 11.2. The van der Waals surface area contributed by atoms with E-state index >= 15 is 0 Å². The molecule has 7 nitrogen and oxygen atoms in total. The molecule has 1 aromatic heterocycles. The van der Waals surface area contributed by atoms with Gasteiger partial charge in [-0.05, 0) is 19.9 Å². The molecule has 0 unspecified atom stereocenters. The van der Waals surface area contributed by atoms with Crippen LogP contribution in [0.4, 0.5) is 0 Å². The van der Waals surface area contributed by atoms with Gasteiger partial charge in [0.15, 0.2) is 5.69 Å². The van der Waals surface area contributed by atoms with Gasteiger partial charge in [0.05, 0.1) is 14.2 Å². The van der Waals surface area contributed by atoms with Gasteiger partial charge in [-0.25, -0.2) is 9.78 Å². The molecule has 22 heavy (non-hydrogen) atoms. The number of hydrogen-bond acceptors (Lipinski definition) is 6. The Morgan fingerprint density at radius 1 is 1.18 bits per heavy atom. The maximum Gasteiger partial charge on any atom is 0.360 e. The molecule has 0 saturated heterocycles. The Bertz CT molecular complexity index is 526. The van der Waals surface area contributed by atoms with Crippen LogP contribution in [0.5, 0.6) is 5.75 Å². The van der Waals surface area contributed by atoms with Crippen molar-refractivity contribution in [3.8, 4) is 5.75 Å². The summed E-state index contributed by atoms with van der Waals surface area (Å²) in [7, 11) is 4.11. The highest BCUT2D eigenvalue weighted by atomic mass is 16.5. The molecule has 0 saturated carbocycles. The van der Waals surface area contributed by atoms with Crippen molar-refractivity contribution in [2.45, 2.75) is 46.1 Å². The van der Waals surface area contributed by atoms with Crippen LogP contribution in [0.2, 0.25) is 0 Å². The van der Waals surface area contributed by atoms with E-state index in [0.29, 0.717) is 18.8 Å². The fourth-order valence-corrected chi connectivity index (χ4v) is 2.15. The summed E-state index contributed by atoms with van der Waals surface area (Å²) in [6, 6.07) is 0. The van der Waals surface area contributed by atoms with Crippen LogP contribution in [0, 0.1) is 0 Å². The van der Waals surface area contributed by atoms with Crippen LogP contribution >= 0.6 is 0 Å². The van der Waals surface area contributed by atoms with E-state index in [1.807, 2.05) is 13.8 Å². The number of ether oxygens (including phenoxy) is 2. The Hall–Kier alpha value is -1.89. The molecule has 0 aliphatic carbocycles. The van der Waals surface area contributed by atoms with E-state index in [9.17, 15) is 9.59 Å². The van der Waals surface area contributed by atoms with Crippen molar-refractivity contribution < 1.29 is 14.3 Å². The largest absolute Gasteiger partial charge is 0.489 e. The van der Waals surface area contributed by atoms with Gasteiger partial charge in [0.2, 0.25) is 5.75 Å². The van der Waals surface area contributed by atoms with Crippen LogP contribution in [-0.2, 0) is 17.7 Å². The minimum absolute atomic E-state index is 0.0295. The third-order valence-electron chi connectivity index (χ3n) is 3.07. The summed E-state index contributed by atoms with van der Waals surface area (Å²) >= 11 is 0. The van der Waals surface area contributed by atoms with Crippen LogP contribution in [-0.4, -0.2) is 36.8 Å². The van der Waals surface area contributed by atoms with E-state index in [4.69, 9.17) is 4.74 Å². The van der Waals surface area contributed by atoms with E-state index in [2.05, 4.69) is 15.5 Å². The highest BCUT2D eigenvalue weighted by Crippen LogP contribution is 2.17. The number of esters is 1. The first kappa shape index (κ1) is 20.1. The monoisotopic (exact) mass is 313 g/mol. The first-order chi connectivity index (χ1) is 10.7. The average molecular weight is 313 g/mol. The fourth-order valence-electron chi connectivity index (χ4n) is 2.15. The Kier molecular flexibility index (Phi) is 9.86. The van der Waals surface area contributed by atoms with Gasteiger partial charge in [-0.2, -0.15) is 0 Å². The van der Waals surface area contributed by atoms with Gasteiger partial charge in [-0.15, -0.1) is 0 Å². The minimum Gasteiger partial charge on any atom is -0.489 e. The van der Waals surface area contributed by atoms with E-state index in [-0.39, 0.29) is 17.0 Å². The van der Waals surface area contributed by atoms with Crippen LogP contribution in [0.15, 0.2) is 4.79 Å². The molecule has 0 aromatic carbocycles. The van der Waals surface area contributed by atoms with Crippen molar-refractivity contribution in [3.63, 3.8) is 0 Å². The Balaban J connectivity index is 0.00000102. The van der Waals surface area contributed by atoms with E-state index in [0.717, 1.165) is 19.3 Å². The molecule has 7 heteroatoms. The third kappa shape index (κ3) is 4.56. The van der Waals surface area contributed by atoms with Crippen molar-refractivity contribution >= 4 is 5.97 Å². The van der Waals surface area contributed by atoms with Crippen LogP contribution in [0.25, 0.3) is 0 Å². The zero-order chi connectivity index (χ0) is 17.1. The molecule has 1 aromatic rings. The number of rotatable bonds is 2. The number of aryl methyl sites for hydroxylation is 1. The summed E-state index contributed by atoms with van der Waals surface area (Å²) in [6.45, 7) is 4.62. The predicted octanol–water partition coefficient (Wildman–Crippen LogP) is 1.37. The molecule has 0 spiro atoms. The number of nitrogens with zero attached hydrogens (tertiary/aromatic N) is 2. The van der Waals surface area contributed by atoms with Gasteiger partial charge in [0.1, 0.15) is 5.82 Å². The number of carbonyl (C=O) groups is 1. The average Bonchev–Trinajstić information content (AvgIpc) is 2.83. The SMILES string of the molecule is CC.CN.COC(=O)c1nc2n(c(=O)c1OC)CCCCC2. The summed E-state index contributed by atoms with van der Waals surface area (Å²) in [4.78, 5) is 28.1. The van der Waals surface area contributed by atoms with Gasteiger partial charge in [-0.3, -0.25) is 9.36 Å². The van der Waals surface area contributed by atoms with Gasteiger partial charge in [0.25, 0.3) is 5.56 Å². The summed E-state index contributed by atoms with van der Waals surface area (Å²) in [5.41, 5.74) is 4.17. The number of hydrogen-bond donors (Lipinski definition) is 1. The fraction of sp³-hybridized carbons (Fsp3) is 0.667. The van der Waals surface area contributed by atoms with E-state index in [1.165, 1.54) is 21.3 Å². The molecule has 1 aliphatic rings. The molecule has 0 radical (unpaired) electrons. The zero-order valence-electron chi connectivity index (χ0n) is 14.1. The standard InChI is InChI=1S/C12H16N2O4.C2H6.CH5N/c1-17-10-9(12(16)18-2)13-8-6-4-3-5-7-14(8)11(10)15;2*1-2/h3-7H2,1-2H3;1-2H3;2H2,1H3. The van der Waals surface area contributed by atoms with Crippen molar-refractivity contribution in [3.05, 3.63) is 21.9 Å². The first-order valence-electron chi connectivity index (χ1n) is 7.52. The maximum absolute atomic E-state index is 12.2. The van der Waals surface area contributed by atoms with Crippen molar-refractivity contribution in [1.82, 2.24) is 9.55 Å². The Labute approximate surface area is 131 Å². The number of fused-ring (bicyclic) bond motifs is 1. The molecule has 0 atom stereocenters. The maximum atomic E-state index is 12.2. The van der Waals surface area contributed by atoms with Gasteiger partial charge in [0, 0.05) is 13.0 Å². The lowest BCUT2D eigenvalue weighted by molar-refractivity contribution is 0.0588. The minimum atomic E-state index is -0.642. The molecule has 2 heterocycles. The summed E-state index contributed by atoms with van der Waals surface area (Å²) in [5, 5.41) is 0. The Morgan fingerprint density at radius 3 is 2.36 bits per heavy atom. The highest BCUT2D eigenvalue weighted by Gasteiger charge is 2.23. The van der Waals surface area contributed by atoms with Gasteiger partial charge < -0.3 is 15.2 Å². The van der Waals surface area contributed by atoms with Gasteiger partial charge in [-0.1, -0.05) is 20.3 Å². The van der Waals surface area contributed by atoms with Crippen molar-refractivity contribution in [2.75, 3.05) is 21.3 Å². The van der Waals surface area contributed by atoms with Crippen LogP contribution in [0.1, 0.15) is 49.4 Å². The van der Waals surface area contributed by atoms with Crippen molar-refractivity contribution in [2.24, 2.45) is 5.73 Å². The molecule has 1 aliphatic heterocycles. The first-order valence-corrected chi connectivity index (χ1v) is 7.52. The van der Waals surface area contributed by atoms with Crippen LogP contribution < -0.4 is 16.0 Å². The third-order valence-corrected chi connectivity index (χ3v) is 3.07. The molecule has 126 valence electrons. The smallest absolute Gasteiger partial charge is 0.360 e. The lowest BCUT2D eigenvalue weighted by atomic mass is 10.2. The molecular weight excluding hydrogens is 286 g/mol. The Morgan fingerprint density at radius 2 is 1.82 bits per heavy atom. The number of aromatic nitrogens is 2. The highest BCUT2D eigenvalue weighted by molar-refractivity contribution is 5.90. The number of carbonyl (C=O) groups excluding carboxylic acids is 1. The van der Waals surface area contributed by atoms with Gasteiger partial charge >= 0.3 is 5.97 Å². The second-order valence-electron chi connectivity index (χ2n) is 4.17. The quantitative estimate of drug-likeness (QED) is 0.828. The molecule has 0 bridgehead atoms. The predicted molar refractivity (Wildman–Crippen MR) is 85.4 cm³/mol. The number of methoxy groups -OCH3 is 2. The molecule has 0 amide bonds. The molecular formula is C15H27N3O4. The zero-order valence-corrected chi connectivity index (χ0v) is 14.1. The lowest BCUT2D eigenvalue weighted by Gasteiger charge is -2.12. The summed E-state index contributed by atoms with van der Waals surface area (Å²) in [5.74, 6) is -0.0391. The second kappa shape index (κ2) is 10.8. The number of nitrogens with two attached hydrogens (primary N) is 1. The van der Waals surface area contributed by atoms with E-state index < -0.39 is 5.97 Å².